The van der Waals surface area contributed by atoms with Gasteiger partial charge >= 0.3 is 0 Å². The van der Waals surface area contributed by atoms with Crippen LogP contribution in [0.3, 0.4) is 0 Å². The summed E-state index contributed by atoms with van der Waals surface area (Å²) < 4.78 is 2.80. The molecule has 3 heterocycles. The number of fused-ring (bicyclic) bond motifs is 8. The largest absolute Gasteiger partial charge is 0.311 e. The summed E-state index contributed by atoms with van der Waals surface area (Å²) in [7, 11) is 0. The van der Waals surface area contributed by atoms with Crippen molar-refractivity contribution in [2.24, 2.45) is 0 Å². The topological polar surface area (TPSA) is 9.72 Å². The Hall–Kier alpha value is -6.82. The summed E-state index contributed by atoms with van der Waals surface area (Å²) >= 11 is 2.05. The third-order valence-corrected chi connectivity index (χ3v) is 20.8. The number of thiophene rings is 1. The zero-order chi connectivity index (χ0) is 57.1. The highest BCUT2D eigenvalue weighted by Gasteiger charge is 2.48. The van der Waals surface area contributed by atoms with Crippen molar-refractivity contribution in [2.75, 3.05) is 14.7 Å². The Morgan fingerprint density at radius 3 is 1.53 bits per heavy atom. The summed E-state index contributed by atoms with van der Waals surface area (Å²) in [5, 5.41) is 1.36. The maximum Gasteiger partial charge on any atom is 0.264 e. The van der Waals surface area contributed by atoms with E-state index < -0.39 is 0 Å². The summed E-state index contributed by atoms with van der Waals surface area (Å²) in [4.78, 5) is 7.95. The van der Waals surface area contributed by atoms with E-state index in [9.17, 15) is 0 Å². The smallest absolute Gasteiger partial charge is 0.264 e. The second-order valence-corrected chi connectivity index (χ2v) is 30.4. The quantitative estimate of drug-likeness (QED) is 0.154. The summed E-state index contributed by atoms with van der Waals surface area (Å²) in [5.41, 5.74) is 27.1. The summed E-state index contributed by atoms with van der Waals surface area (Å²) in [6.07, 6.45) is 4.66. The minimum atomic E-state index is -0.0808. The van der Waals surface area contributed by atoms with Crippen molar-refractivity contribution >= 4 is 95.0 Å². The number of anilines is 9. The number of hydrogen-bond donors (Lipinski definition) is 0. The molecule has 0 N–H and O–H groups in total. The lowest BCUT2D eigenvalue weighted by Gasteiger charge is -2.46. The Bertz CT molecular complexity index is 3940. The van der Waals surface area contributed by atoms with Gasteiger partial charge in [0.1, 0.15) is 0 Å². The van der Waals surface area contributed by atoms with Crippen LogP contribution in [0.5, 0.6) is 0 Å². The number of aryl methyl sites for hydroxylation is 2. The van der Waals surface area contributed by atoms with Gasteiger partial charge in [0, 0.05) is 54.6 Å². The second kappa shape index (κ2) is 18.3. The molecular weight excluding hydrogens is 998 g/mol. The Morgan fingerprint density at radius 1 is 0.457 bits per heavy atom. The van der Waals surface area contributed by atoms with Crippen molar-refractivity contribution in [2.45, 2.75) is 169 Å². The molecule has 81 heavy (non-hydrogen) atoms. The molecule has 4 aliphatic rings. The van der Waals surface area contributed by atoms with Crippen LogP contribution < -0.4 is 30.4 Å². The van der Waals surface area contributed by atoms with Gasteiger partial charge in [-0.3, -0.25) is 0 Å². The molecular formula is C76H82BN3S. The van der Waals surface area contributed by atoms with E-state index in [4.69, 9.17) is 0 Å². The van der Waals surface area contributed by atoms with Crippen LogP contribution in [0, 0.1) is 13.8 Å². The first-order chi connectivity index (χ1) is 38.2. The monoisotopic (exact) mass is 1080 g/mol. The fraction of sp³-hybridized carbons (Fsp3) is 0.342. The van der Waals surface area contributed by atoms with Gasteiger partial charge in [0.25, 0.3) is 6.71 Å². The molecule has 0 radical (unpaired) electrons. The minimum Gasteiger partial charge on any atom is -0.311 e. The number of rotatable bonds is 6. The molecule has 2 aliphatic carbocycles. The lowest BCUT2D eigenvalue weighted by Crippen LogP contribution is -2.60. The molecule has 0 saturated heterocycles. The van der Waals surface area contributed by atoms with E-state index >= 15 is 0 Å². The highest BCUT2D eigenvalue weighted by atomic mass is 32.1. The maximum atomic E-state index is 2.76. The molecule has 0 spiro atoms. The highest BCUT2D eigenvalue weighted by Crippen LogP contribution is 2.56. The Balaban J connectivity index is 1.22. The van der Waals surface area contributed by atoms with Gasteiger partial charge < -0.3 is 14.7 Å². The van der Waals surface area contributed by atoms with E-state index in [1.165, 1.54) is 128 Å². The first kappa shape index (κ1) is 53.5. The van der Waals surface area contributed by atoms with E-state index in [0.29, 0.717) is 0 Å². The molecule has 0 fully saturated rings. The van der Waals surface area contributed by atoms with Gasteiger partial charge in [0.2, 0.25) is 0 Å². The lowest BCUT2D eigenvalue weighted by molar-refractivity contribution is 0.332. The molecule has 2 aliphatic heterocycles. The minimum absolute atomic E-state index is 0.00845. The van der Waals surface area contributed by atoms with E-state index in [0.717, 1.165) is 29.9 Å². The average Bonchev–Trinajstić information content (AvgIpc) is 4.09. The first-order valence-corrected chi connectivity index (χ1v) is 30.8. The maximum absolute atomic E-state index is 2.76. The van der Waals surface area contributed by atoms with Gasteiger partial charge in [-0.15, -0.1) is 11.3 Å². The van der Waals surface area contributed by atoms with Crippen molar-refractivity contribution in [1.82, 2.24) is 0 Å². The van der Waals surface area contributed by atoms with Crippen LogP contribution in [-0.4, -0.2) is 6.71 Å². The zero-order valence-electron chi connectivity index (χ0n) is 51.2. The van der Waals surface area contributed by atoms with Crippen LogP contribution in [0.15, 0.2) is 158 Å². The van der Waals surface area contributed by atoms with Crippen molar-refractivity contribution in [3.63, 3.8) is 0 Å². The van der Waals surface area contributed by atoms with Gasteiger partial charge in [0.05, 0.1) is 17.1 Å². The van der Waals surface area contributed by atoms with E-state index in [1.807, 2.05) is 0 Å². The molecule has 410 valence electrons. The SMILES string of the molecule is Cc1ccc(N(c2ccc(C)cc2)c2cc3c4c(c2)N(c2ccc5c(c2)C(C)(C)CCC5(C)C)c2c(sc5cc6c(cc25)C(C)(C)CCC6(C)C)B4c2cc(C(C)(C)C)ccc2N3c2ccc(C(C)(C)C)cc2-c2ccccc2)cc1. The molecule has 9 aromatic rings. The van der Waals surface area contributed by atoms with Gasteiger partial charge in [-0.2, -0.15) is 0 Å². The average molecular weight is 1080 g/mol. The van der Waals surface area contributed by atoms with Gasteiger partial charge in [-0.25, -0.2) is 0 Å². The Labute approximate surface area is 489 Å². The molecule has 3 nitrogen and oxygen atoms in total. The van der Waals surface area contributed by atoms with E-state index in [-0.39, 0.29) is 39.2 Å². The number of hydrogen-bond acceptors (Lipinski definition) is 4. The second-order valence-electron chi connectivity index (χ2n) is 29.4. The normalized spacial score (nSPS) is 17.3. The summed E-state index contributed by atoms with van der Waals surface area (Å²) in [6, 6.07) is 62.4. The van der Waals surface area contributed by atoms with Gasteiger partial charge in [0.15, 0.2) is 0 Å². The zero-order valence-corrected chi connectivity index (χ0v) is 52.0. The van der Waals surface area contributed by atoms with Crippen LogP contribution in [0.25, 0.3) is 21.2 Å². The first-order valence-electron chi connectivity index (χ1n) is 30.0. The fourth-order valence-corrected chi connectivity index (χ4v) is 15.6. The van der Waals surface area contributed by atoms with E-state index in [1.54, 1.807) is 0 Å². The Morgan fingerprint density at radius 2 is 0.963 bits per heavy atom. The molecule has 0 saturated carbocycles. The van der Waals surface area contributed by atoms with Crippen LogP contribution in [0.1, 0.15) is 167 Å². The molecule has 0 atom stereocenters. The summed E-state index contributed by atoms with van der Waals surface area (Å²) in [5.74, 6) is 0. The molecule has 5 heteroatoms. The molecule has 0 unspecified atom stereocenters. The molecule has 8 aromatic carbocycles. The van der Waals surface area contributed by atoms with Crippen LogP contribution in [0.4, 0.5) is 51.2 Å². The molecule has 1 aromatic heterocycles. The van der Waals surface area contributed by atoms with Crippen molar-refractivity contribution < 1.29 is 0 Å². The standard InChI is InChI=1S/C76H82BN3S/c1-47-22-28-52(29-23-47)78(53-30-24-48(2)25-31-53)55-43-65-68-66(44-55)80(63-34-26-50(71(3,4)5)40-56(63)49-20-18-17-19-21-49)64-35-27-51(72(6,7)8)41-62(64)77(68)70-69(57-45-60-61(46-67(57)81-70)76(15,16)39-38-75(60,13)14)79(65)54-32-33-58-59(42-54)74(11,12)37-36-73(58,9)10/h17-35,40-46H,36-39H2,1-16H3. The number of benzene rings is 8. The number of nitrogens with zero attached hydrogens (tertiary/aromatic N) is 3. The fourth-order valence-electron chi connectivity index (χ4n) is 14.3. The third-order valence-electron chi connectivity index (χ3n) is 19.6. The van der Waals surface area contributed by atoms with Gasteiger partial charge in [-0.05, 0) is 201 Å². The Kier molecular flexibility index (Phi) is 12.1. The van der Waals surface area contributed by atoms with E-state index in [2.05, 4.69) is 295 Å². The third kappa shape index (κ3) is 8.72. The molecule has 13 rings (SSSR count). The van der Waals surface area contributed by atoms with Crippen LogP contribution >= 0.6 is 11.3 Å². The van der Waals surface area contributed by atoms with Crippen molar-refractivity contribution in [3.05, 3.63) is 202 Å². The summed E-state index contributed by atoms with van der Waals surface area (Å²) in [6.45, 7) is 38.4. The van der Waals surface area contributed by atoms with Crippen molar-refractivity contribution in [3.8, 4) is 11.1 Å². The predicted octanol–water partition coefficient (Wildman–Crippen LogP) is 20.0. The predicted molar refractivity (Wildman–Crippen MR) is 353 cm³/mol. The molecule has 0 amide bonds. The van der Waals surface area contributed by atoms with Crippen LogP contribution in [0.2, 0.25) is 0 Å². The lowest BCUT2D eigenvalue weighted by atomic mass is 9.36. The highest BCUT2D eigenvalue weighted by molar-refractivity contribution is 7.33. The van der Waals surface area contributed by atoms with Crippen molar-refractivity contribution in [1.29, 1.82) is 0 Å². The van der Waals surface area contributed by atoms with Gasteiger partial charge in [-0.1, -0.05) is 187 Å². The van der Waals surface area contributed by atoms with Crippen LogP contribution in [-0.2, 0) is 32.5 Å². The molecule has 0 bridgehead atoms.